The minimum atomic E-state index is -1.23. The lowest BCUT2D eigenvalue weighted by Crippen LogP contribution is -2.54. The number of nitrogens with two attached hydrogens (primary N) is 1. The van der Waals surface area contributed by atoms with Crippen LogP contribution in [0.1, 0.15) is 45.1 Å². The van der Waals surface area contributed by atoms with Crippen LogP contribution in [0.3, 0.4) is 0 Å². The van der Waals surface area contributed by atoms with E-state index in [0.29, 0.717) is 21.7 Å². The first kappa shape index (κ1) is 23.3. The Hall–Kier alpha value is -2.90. The van der Waals surface area contributed by atoms with Gasteiger partial charge < -0.3 is 20.8 Å². The fraction of sp³-hybridized carbons (Fsp3) is 0.200. The van der Waals surface area contributed by atoms with Crippen LogP contribution in [0.4, 0.5) is 0 Å². The number of hydrogen-bond acceptors (Lipinski definition) is 4. The van der Waals surface area contributed by atoms with Crippen molar-refractivity contribution in [2.45, 2.75) is 24.1 Å². The van der Waals surface area contributed by atoms with E-state index in [0.717, 1.165) is 0 Å². The molecule has 33 heavy (non-hydrogen) atoms. The zero-order chi connectivity index (χ0) is 23.7. The van der Waals surface area contributed by atoms with Gasteiger partial charge in [0, 0.05) is 15.6 Å². The van der Waals surface area contributed by atoms with Crippen molar-refractivity contribution >= 4 is 35.0 Å². The molecule has 3 aromatic rings. The number of amides is 2. The number of fused-ring (bicyclic) bond motifs is 1. The number of benzene rings is 3. The van der Waals surface area contributed by atoms with E-state index >= 15 is 0 Å². The SMILES string of the molecule is NC(=O)[C@@H]1c2ccccc2C(=O)N([C@H](CO)[C@H](O)c2ccccc2)[C@H]1c1ccc(Cl)cc1Cl. The molecular formula is C25H22Cl2N2O4. The van der Waals surface area contributed by atoms with Crippen molar-refractivity contribution in [3.63, 3.8) is 0 Å². The maximum atomic E-state index is 13.8. The summed E-state index contributed by atoms with van der Waals surface area (Å²) in [5, 5.41) is 22.2. The molecule has 0 saturated carbocycles. The van der Waals surface area contributed by atoms with Crippen LogP contribution in [0.5, 0.6) is 0 Å². The van der Waals surface area contributed by atoms with Gasteiger partial charge in [-0.05, 0) is 34.9 Å². The third kappa shape index (κ3) is 4.23. The molecule has 1 heterocycles. The molecular weight excluding hydrogens is 463 g/mol. The lowest BCUT2D eigenvalue weighted by Gasteiger charge is -2.46. The summed E-state index contributed by atoms with van der Waals surface area (Å²) in [6.45, 7) is -0.558. The third-order valence-electron chi connectivity index (χ3n) is 6.01. The van der Waals surface area contributed by atoms with Crippen LogP contribution in [0.2, 0.25) is 10.0 Å². The van der Waals surface area contributed by atoms with Crippen LogP contribution >= 0.6 is 23.2 Å². The topological polar surface area (TPSA) is 104 Å². The number of aliphatic hydroxyl groups excluding tert-OH is 2. The van der Waals surface area contributed by atoms with Crippen molar-refractivity contribution in [2.24, 2.45) is 5.73 Å². The fourth-order valence-electron chi connectivity index (χ4n) is 4.51. The van der Waals surface area contributed by atoms with Gasteiger partial charge in [-0.25, -0.2) is 0 Å². The number of rotatable bonds is 6. The summed E-state index contributed by atoms with van der Waals surface area (Å²) in [7, 11) is 0. The normalized spacial score (nSPS) is 19.6. The Bertz CT molecular complexity index is 1190. The first-order valence-corrected chi connectivity index (χ1v) is 11.1. The number of carbonyl (C=O) groups is 2. The molecule has 0 bridgehead atoms. The maximum absolute atomic E-state index is 13.8. The first-order valence-electron chi connectivity index (χ1n) is 10.3. The van der Waals surface area contributed by atoms with Gasteiger partial charge in [0.05, 0.1) is 24.6 Å². The van der Waals surface area contributed by atoms with E-state index in [2.05, 4.69) is 0 Å². The highest BCUT2D eigenvalue weighted by atomic mass is 35.5. The Labute approximate surface area is 201 Å². The molecule has 0 saturated heterocycles. The van der Waals surface area contributed by atoms with Crippen molar-refractivity contribution in [3.05, 3.63) is 105 Å². The van der Waals surface area contributed by atoms with Crippen molar-refractivity contribution in [1.29, 1.82) is 0 Å². The number of nitrogens with zero attached hydrogens (tertiary/aromatic N) is 1. The third-order valence-corrected chi connectivity index (χ3v) is 6.58. The van der Waals surface area contributed by atoms with Gasteiger partial charge in [0.2, 0.25) is 5.91 Å². The molecule has 3 aromatic carbocycles. The quantitative estimate of drug-likeness (QED) is 0.494. The highest BCUT2D eigenvalue weighted by molar-refractivity contribution is 6.35. The van der Waals surface area contributed by atoms with Crippen LogP contribution in [-0.4, -0.2) is 39.6 Å². The summed E-state index contributed by atoms with van der Waals surface area (Å²) >= 11 is 12.6. The predicted octanol–water partition coefficient (Wildman–Crippen LogP) is 3.85. The second-order valence-corrected chi connectivity index (χ2v) is 8.74. The second-order valence-electron chi connectivity index (χ2n) is 7.90. The summed E-state index contributed by atoms with van der Waals surface area (Å²) in [6, 6.07) is 18.1. The van der Waals surface area contributed by atoms with Gasteiger partial charge in [-0.15, -0.1) is 0 Å². The number of primary amides is 1. The molecule has 0 aliphatic carbocycles. The second kappa shape index (κ2) is 9.53. The summed E-state index contributed by atoms with van der Waals surface area (Å²) in [4.78, 5) is 27.9. The summed E-state index contributed by atoms with van der Waals surface area (Å²) in [5.74, 6) is -2.08. The zero-order valence-corrected chi connectivity index (χ0v) is 18.9. The Kier molecular flexibility index (Phi) is 6.72. The van der Waals surface area contributed by atoms with E-state index in [1.54, 1.807) is 66.7 Å². The molecule has 170 valence electrons. The Morgan fingerprint density at radius 1 is 1.00 bits per heavy atom. The van der Waals surface area contributed by atoms with Gasteiger partial charge >= 0.3 is 0 Å². The van der Waals surface area contributed by atoms with Gasteiger partial charge in [-0.2, -0.15) is 0 Å². The molecule has 6 nitrogen and oxygen atoms in total. The largest absolute Gasteiger partial charge is 0.394 e. The van der Waals surface area contributed by atoms with Crippen LogP contribution in [0, 0.1) is 0 Å². The molecule has 2 amide bonds. The smallest absolute Gasteiger partial charge is 0.255 e. The first-order chi connectivity index (χ1) is 15.8. The van der Waals surface area contributed by atoms with Gasteiger partial charge in [-0.1, -0.05) is 77.8 Å². The van der Waals surface area contributed by atoms with Gasteiger partial charge in [0.25, 0.3) is 5.91 Å². The molecule has 0 spiro atoms. The van der Waals surface area contributed by atoms with Crippen LogP contribution in [0.15, 0.2) is 72.8 Å². The lowest BCUT2D eigenvalue weighted by atomic mass is 9.78. The van der Waals surface area contributed by atoms with Crippen molar-refractivity contribution in [3.8, 4) is 0 Å². The molecule has 4 atom stereocenters. The standard InChI is InChI=1S/C25H22Cl2N2O4/c26-15-10-11-18(19(27)12-15)22-21(24(28)32)16-8-4-5-9-17(16)25(33)29(22)20(13-30)23(31)14-6-2-1-3-7-14/h1-12,20-23,30-31H,13H2,(H2,28,32)/t20-,21-,22+,23-/m1/s1. The van der Waals surface area contributed by atoms with E-state index in [4.69, 9.17) is 28.9 Å². The minimum absolute atomic E-state index is 0.238. The predicted molar refractivity (Wildman–Crippen MR) is 126 cm³/mol. The van der Waals surface area contributed by atoms with Gasteiger partial charge in [0.1, 0.15) is 6.10 Å². The lowest BCUT2D eigenvalue weighted by molar-refractivity contribution is -0.121. The highest BCUT2D eigenvalue weighted by Gasteiger charge is 2.48. The number of carbonyl (C=O) groups excluding carboxylic acids is 2. The summed E-state index contributed by atoms with van der Waals surface area (Å²) in [5.41, 5.74) is 7.55. The molecule has 0 radical (unpaired) electrons. The Balaban J connectivity index is 1.95. The Morgan fingerprint density at radius 2 is 1.67 bits per heavy atom. The van der Waals surface area contributed by atoms with Gasteiger partial charge in [-0.3, -0.25) is 9.59 Å². The molecule has 1 aliphatic heterocycles. The number of aliphatic hydroxyl groups is 2. The minimum Gasteiger partial charge on any atom is -0.394 e. The summed E-state index contributed by atoms with van der Waals surface area (Å²) in [6.07, 6.45) is -1.23. The van der Waals surface area contributed by atoms with Gasteiger partial charge in [0.15, 0.2) is 0 Å². The zero-order valence-electron chi connectivity index (χ0n) is 17.4. The Morgan fingerprint density at radius 3 is 2.30 bits per heavy atom. The van der Waals surface area contributed by atoms with E-state index in [-0.39, 0.29) is 10.6 Å². The maximum Gasteiger partial charge on any atom is 0.255 e. The monoisotopic (exact) mass is 484 g/mol. The van der Waals surface area contributed by atoms with E-state index in [9.17, 15) is 19.8 Å². The number of hydrogen-bond donors (Lipinski definition) is 3. The van der Waals surface area contributed by atoms with Crippen molar-refractivity contribution < 1.29 is 19.8 Å². The molecule has 0 fully saturated rings. The van der Waals surface area contributed by atoms with E-state index < -0.39 is 42.5 Å². The highest BCUT2D eigenvalue weighted by Crippen LogP contribution is 2.47. The average Bonchev–Trinajstić information content (AvgIpc) is 2.81. The van der Waals surface area contributed by atoms with Crippen molar-refractivity contribution in [1.82, 2.24) is 4.90 Å². The van der Waals surface area contributed by atoms with E-state index in [1.807, 2.05) is 0 Å². The fourth-order valence-corrected chi connectivity index (χ4v) is 5.03. The average molecular weight is 485 g/mol. The van der Waals surface area contributed by atoms with Crippen LogP contribution < -0.4 is 5.73 Å². The number of halogens is 2. The molecule has 8 heteroatoms. The molecule has 1 aliphatic rings. The summed E-state index contributed by atoms with van der Waals surface area (Å²) < 4.78 is 0. The van der Waals surface area contributed by atoms with Crippen LogP contribution in [-0.2, 0) is 4.79 Å². The molecule has 0 unspecified atom stereocenters. The molecule has 4 rings (SSSR count). The van der Waals surface area contributed by atoms with E-state index in [1.165, 1.54) is 11.0 Å². The molecule has 0 aromatic heterocycles. The molecule has 4 N–H and O–H groups in total. The van der Waals surface area contributed by atoms with Crippen molar-refractivity contribution in [2.75, 3.05) is 6.61 Å². The van der Waals surface area contributed by atoms with Crippen LogP contribution in [0.25, 0.3) is 0 Å².